The number of hydrogen-bond donors (Lipinski definition) is 0. The number of carbonyl (C=O) groups excluding carboxylic acids is 1. The number of rotatable bonds is 5. The van der Waals surface area contributed by atoms with E-state index in [9.17, 15) is 4.79 Å². The van der Waals surface area contributed by atoms with Crippen LogP contribution in [0.4, 0.5) is 5.13 Å². The van der Waals surface area contributed by atoms with Gasteiger partial charge in [-0.15, -0.1) is 0 Å². The van der Waals surface area contributed by atoms with Gasteiger partial charge in [-0.25, -0.2) is 4.98 Å². The molecule has 2 aromatic carbocycles. The Bertz CT molecular complexity index is 879. The fourth-order valence-electron chi connectivity index (χ4n) is 2.37. The lowest BCUT2D eigenvalue weighted by molar-refractivity contribution is 0.0985. The minimum Gasteiger partial charge on any atom is -0.308 e. The largest absolute Gasteiger partial charge is 0.308 e. The van der Waals surface area contributed by atoms with Gasteiger partial charge in [0.15, 0.2) is 5.13 Å². The maximum atomic E-state index is 13.2. The number of hydrogen-bond acceptors (Lipinski definition) is 4. The Kier molecular flexibility index (Phi) is 5.74. The normalized spacial score (nSPS) is 11.2. The van der Waals surface area contributed by atoms with Crippen LogP contribution in [0.15, 0.2) is 46.9 Å². The first-order valence-electron chi connectivity index (χ1n) is 7.73. The smallest absolute Gasteiger partial charge is 0.261 e. The Labute approximate surface area is 164 Å². The van der Waals surface area contributed by atoms with Crippen molar-refractivity contribution in [1.82, 2.24) is 9.88 Å². The third kappa shape index (κ3) is 4.20. The molecule has 1 heterocycles. The van der Waals surface area contributed by atoms with Gasteiger partial charge in [0.1, 0.15) is 0 Å². The van der Waals surface area contributed by atoms with E-state index in [1.54, 1.807) is 17.0 Å². The molecule has 0 aliphatic heterocycles. The Hall–Kier alpha value is -1.47. The maximum absolute atomic E-state index is 13.2. The number of fused-ring (bicyclic) bond motifs is 1. The SMILES string of the molecule is CN(C)CCN(C(=O)c1cc(Br)ccc1Cl)c1nc2ccccc2s1. The van der Waals surface area contributed by atoms with Crippen LogP contribution < -0.4 is 4.90 Å². The van der Waals surface area contributed by atoms with Crippen LogP contribution in [0.2, 0.25) is 5.02 Å². The highest BCUT2D eigenvalue weighted by molar-refractivity contribution is 9.10. The van der Waals surface area contributed by atoms with Gasteiger partial charge in [0.2, 0.25) is 0 Å². The Morgan fingerprint density at radius 3 is 2.68 bits per heavy atom. The summed E-state index contributed by atoms with van der Waals surface area (Å²) in [6.45, 7) is 1.27. The Morgan fingerprint density at radius 2 is 1.96 bits per heavy atom. The third-order valence-electron chi connectivity index (χ3n) is 3.69. The van der Waals surface area contributed by atoms with E-state index in [0.717, 1.165) is 21.2 Å². The second-order valence-corrected chi connectivity index (χ2v) is 8.18. The summed E-state index contributed by atoms with van der Waals surface area (Å²) in [5, 5.41) is 1.12. The van der Waals surface area contributed by atoms with Crippen LogP contribution in [0, 0.1) is 0 Å². The van der Waals surface area contributed by atoms with Gasteiger partial charge < -0.3 is 4.90 Å². The van der Waals surface area contributed by atoms with Crippen molar-refractivity contribution >= 4 is 60.1 Å². The van der Waals surface area contributed by atoms with Crippen LogP contribution in [0.3, 0.4) is 0 Å². The molecule has 3 aromatic rings. The quantitative estimate of drug-likeness (QED) is 0.567. The fourth-order valence-corrected chi connectivity index (χ4v) is 3.92. The molecule has 7 heteroatoms. The van der Waals surface area contributed by atoms with E-state index < -0.39 is 0 Å². The van der Waals surface area contributed by atoms with Crippen molar-refractivity contribution < 1.29 is 4.79 Å². The van der Waals surface area contributed by atoms with E-state index in [4.69, 9.17) is 11.6 Å². The van der Waals surface area contributed by atoms with Crippen LogP contribution in [0.1, 0.15) is 10.4 Å². The van der Waals surface area contributed by atoms with E-state index in [0.29, 0.717) is 22.3 Å². The number of anilines is 1. The lowest BCUT2D eigenvalue weighted by Gasteiger charge is -2.22. The summed E-state index contributed by atoms with van der Waals surface area (Å²) in [7, 11) is 3.96. The van der Waals surface area contributed by atoms with Crippen LogP contribution in [-0.2, 0) is 0 Å². The lowest BCUT2D eigenvalue weighted by Crippen LogP contribution is -2.36. The first kappa shape index (κ1) is 18.3. The third-order valence-corrected chi connectivity index (χ3v) is 5.57. The van der Waals surface area contributed by atoms with Crippen molar-refractivity contribution in [2.75, 3.05) is 32.1 Å². The van der Waals surface area contributed by atoms with E-state index >= 15 is 0 Å². The summed E-state index contributed by atoms with van der Waals surface area (Å²) < 4.78 is 1.87. The van der Waals surface area contributed by atoms with Crippen LogP contribution in [0.25, 0.3) is 10.2 Å². The second kappa shape index (κ2) is 7.83. The minimum absolute atomic E-state index is 0.146. The highest BCUT2D eigenvalue weighted by Gasteiger charge is 2.23. The molecule has 0 atom stereocenters. The van der Waals surface area contributed by atoms with Gasteiger partial charge >= 0.3 is 0 Å². The van der Waals surface area contributed by atoms with E-state index in [2.05, 4.69) is 20.9 Å². The summed E-state index contributed by atoms with van der Waals surface area (Å²) in [5.74, 6) is -0.146. The number of carbonyl (C=O) groups is 1. The molecule has 0 N–H and O–H groups in total. The number of aromatic nitrogens is 1. The lowest BCUT2D eigenvalue weighted by atomic mass is 10.2. The number of thiazole rings is 1. The monoisotopic (exact) mass is 437 g/mol. The van der Waals surface area contributed by atoms with Crippen molar-refractivity contribution in [3.63, 3.8) is 0 Å². The van der Waals surface area contributed by atoms with E-state index in [1.165, 1.54) is 11.3 Å². The first-order valence-corrected chi connectivity index (χ1v) is 9.71. The summed E-state index contributed by atoms with van der Waals surface area (Å²) in [4.78, 5) is 21.6. The first-order chi connectivity index (χ1) is 12.0. The summed E-state index contributed by atoms with van der Waals surface area (Å²) in [6, 6.07) is 13.2. The van der Waals surface area contributed by atoms with Crippen molar-refractivity contribution in [3.05, 3.63) is 57.5 Å². The zero-order valence-electron chi connectivity index (χ0n) is 13.9. The van der Waals surface area contributed by atoms with Crippen molar-refractivity contribution in [1.29, 1.82) is 0 Å². The summed E-state index contributed by atoms with van der Waals surface area (Å²) in [6.07, 6.45) is 0. The van der Waals surface area contributed by atoms with Gasteiger partial charge in [-0.3, -0.25) is 9.69 Å². The average molecular weight is 439 g/mol. The standard InChI is InChI=1S/C18H17BrClN3OS/c1-22(2)9-10-23(17(24)13-11-12(19)7-8-14(13)20)18-21-15-5-3-4-6-16(15)25-18/h3-8,11H,9-10H2,1-2H3. The number of likely N-dealkylation sites (N-methyl/N-ethyl adjacent to an activating group) is 1. The van der Waals surface area contributed by atoms with Crippen LogP contribution >= 0.6 is 38.9 Å². The molecular formula is C18H17BrClN3OS. The van der Waals surface area contributed by atoms with Gasteiger partial charge in [0, 0.05) is 17.6 Å². The molecule has 0 radical (unpaired) electrons. The Morgan fingerprint density at radius 1 is 1.20 bits per heavy atom. The van der Waals surface area contributed by atoms with Gasteiger partial charge in [0.05, 0.1) is 20.8 Å². The number of benzene rings is 2. The number of para-hydroxylation sites is 1. The molecule has 0 aliphatic rings. The molecule has 3 rings (SSSR count). The predicted molar refractivity (Wildman–Crippen MR) is 109 cm³/mol. The minimum atomic E-state index is -0.146. The van der Waals surface area contributed by atoms with Crippen LogP contribution in [0.5, 0.6) is 0 Å². The molecule has 1 aromatic heterocycles. The van der Waals surface area contributed by atoms with Gasteiger partial charge in [-0.1, -0.05) is 51.0 Å². The molecule has 0 bridgehead atoms. The second-order valence-electron chi connectivity index (χ2n) is 5.85. The highest BCUT2D eigenvalue weighted by Crippen LogP contribution is 2.31. The molecule has 0 fully saturated rings. The number of halogens is 2. The zero-order valence-corrected chi connectivity index (χ0v) is 17.0. The molecule has 0 saturated heterocycles. The highest BCUT2D eigenvalue weighted by atomic mass is 79.9. The van der Waals surface area contributed by atoms with E-state index in [-0.39, 0.29) is 5.91 Å². The molecular weight excluding hydrogens is 422 g/mol. The molecule has 1 amide bonds. The Balaban J connectivity index is 2.01. The van der Waals surface area contributed by atoms with Crippen molar-refractivity contribution in [2.45, 2.75) is 0 Å². The molecule has 4 nitrogen and oxygen atoms in total. The molecule has 0 aliphatic carbocycles. The summed E-state index contributed by atoms with van der Waals surface area (Å²) in [5.41, 5.74) is 1.36. The molecule has 0 spiro atoms. The molecule has 0 saturated carbocycles. The molecule has 0 unspecified atom stereocenters. The van der Waals surface area contributed by atoms with Crippen molar-refractivity contribution in [2.24, 2.45) is 0 Å². The number of amides is 1. The topological polar surface area (TPSA) is 36.4 Å². The van der Waals surface area contributed by atoms with Gasteiger partial charge in [0.25, 0.3) is 5.91 Å². The maximum Gasteiger partial charge on any atom is 0.261 e. The predicted octanol–water partition coefficient (Wildman–Crippen LogP) is 4.92. The molecule has 25 heavy (non-hydrogen) atoms. The number of nitrogens with zero attached hydrogens (tertiary/aromatic N) is 3. The van der Waals surface area contributed by atoms with E-state index in [1.807, 2.05) is 49.3 Å². The van der Waals surface area contributed by atoms with Crippen LogP contribution in [-0.4, -0.2) is 43.0 Å². The zero-order chi connectivity index (χ0) is 18.0. The summed E-state index contributed by atoms with van der Waals surface area (Å²) >= 11 is 11.2. The van der Waals surface area contributed by atoms with Crippen molar-refractivity contribution in [3.8, 4) is 0 Å². The average Bonchev–Trinajstić information content (AvgIpc) is 3.00. The fraction of sp³-hybridized carbons (Fsp3) is 0.222. The van der Waals surface area contributed by atoms with Gasteiger partial charge in [-0.2, -0.15) is 0 Å². The molecule has 130 valence electrons. The van der Waals surface area contributed by atoms with Gasteiger partial charge in [-0.05, 0) is 44.4 Å².